The van der Waals surface area contributed by atoms with E-state index >= 15 is 0 Å². The number of amides is 2. The second kappa shape index (κ2) is 7.34. The summed E-state index contributed by atoms with van der Waals surface area (Å²) in [4.78, 5) is 22.4. The molecule has 1 aromatic rings. The van der Waals surface area contributed by atoms with Crippen LogP contribution >= 0.6 is 0 Å². The van der Waals surface area contributed by atoms with Crippen LogP contribution in [0.2, 0.25) is 0 Å². The number of carbonyl (C=O) groups is 2. The summed E-state index contributed by atoms with van der Waals surface area (Å²) in [5.41, 5.74) is 0.0780. The van der Waals surface area contributed by atoms with E-state index < -0.39 is 17.7 Å². The van der Waals surface area contributed by atoms with Gasteiger partial charge in [-0.3, -0.25) is 0 Å². The Labute approximate surface area is 116 Å². The van der Waals surface area contributed by atoms with Crippen molar-refractivity contribution in [3.8, 4) is 5.75 Å². The summed E-state index contributed by atoms with van der Waals surface area (Å²) in [7, 11) is 0. The minimum atomic E-state index is -1.23. The number of nitrogens with one attached hydrogen (secondary N) is 2. The summed E-state index contributed by atoms with van der Waals surface area (Å²) in [5, 5.41) is 23.4. The average molecular weight is 282 g/mol. The molecule has 0 bridgehead atoms. The third-order valence-corrected chi connectivity index (χ3v) is 2.44. The second-order valence-corrected chi connectivity index (χ2v) is 4.20. The molecule has 1 aromatic carbocycles. The molecule has 0 aliphatic rings. The van der Waals surface area contributed by atoms with Gasteiger partial charge in [-0.05, 0) is 26.0 Å². The maximum atomic E-state index is 11.6. The number of phenols is 1. The van der Waals surface area contributed by atoms with Gasteiger partial charge in [-0.25, -0.2) is 9.59 Å². The largest absolute Gasteiger partial charge is 0.507 e. The zero-order chi connectivity index (χ0) is 15.1. The quantitative estimate of drug-likeness (QED) is 0.634. The Morgan fingerprint density at radius 2 is 2.10 bits per heavy atom. The molecule has 0 spiro atoms. The molecule has 0 saturated carbocycles. The van der Waals surface area contributed by atoms with Gasteiger partial charge in [-0.2, -0.15) is 0 Å². The first kappa shape index (κ1) is 15.8. The number of carboxylic acids is 1. The first-order valence-corrected chi connectivity index (χ1v) is 6.15. The van der Waals surface area contributed by atoms with Gasteiger partial charge < -0.3 is 25.6 Å². The summed E-state index contributed by atoms with van der Waals surface area (Å²) in [6.45, 7) is 4.62. The molecule has 1 rings (SSSR count). The van der Waals surface area contributed by atoms with Gasteiger partial charge in [0.2, 0.25) is 0 Å². The van der Waals surface area contributed by atoms with Crippen LogP contribution in [-0.4, -0.2) is 41.5 Å². The van der Waals surface area contributed by atoms with Crippen molar-refractivity contribution in [2.45, 2.75) is 19.9 Å². The van der Waals surface area contributed by atoms with Gasteiger partial charge in [-0.1, -0.05) is 0 Å². The van der Waals surface area contributed by atoms with Crippen molar-refractivity contribution in [1.82, 2.24) is 5.32 Å². The summed E-state index contributed by atoms with van der Waals surface area (Å²) >= 11 is 0. The topological polar surface area (TPSA) is 108 Å². The van der Waals surface area contributed by atoms with Crippen LogP contribution < -0.4 is 10.6 Å². The molecule has 0 aliphatic carbocycles. The third-order valence-electron chi connectivity index (χ3n) is 2.44. The number of aromatic carboxylic acids is 1. The van der Waals surface area contributed by atoms with E-state index in [1.807, 2.05) is 6.92 Å². The number of rotatable bonds is 6. The lowest BCUT2D eigenvalue weighted by molar-refractivity contribution is 0.0694. The minimum absolute atomic E-state index is 0.165. The Hall–Kier alpha value is -2.28. The summed E-state index contributed by atoms with van der Waals surface area (Å²) in [6, 6.07) is 3.17. The first-order chi connectivity index (χ1) is 9.43. The van der Waals surface area contributed by atoms with Crippen molar-refractivity contribution in [3.05, 3.63) is 23.8 Å². The molecule has 0 aromatic heterocycles. The van der Waals surface area contributed by atoms with Gasteiger partial charge in [0.15, 0.2) is 0 Å². The van der Waals surface area contributed by atoms with E-state index in [0.29, 0.717) is 18.9 Å². The number of ether oxygens (including phenoxy) is 1. The number of carboxylic acid groups (broad SMARTS) is 1. The highest BCUT2D eigenvalue weighted by atomic mass is 16.5. The smallest absolute Gasteiger partial charge is 0.339 e. The van der Waals surface area contributed by atoms with Crippen LogP contribution in [0.3, 0.4) is 0 Å². The molecule has 20 heavy (non-hydrogen) atoms. The van der Waals surface area contributed by atoms with Crippen molar-refractivity contribution in [2.24, 2.45) is 0 Å². The SMILES string of the molecule is CCOCC(C)NC(=O)Nc1ccc(C(=O)O)c(O)c1. The normalized spacial score (nSPS) is 11.7. The zero-order valence-electron chi connectivity index (χ0n) is 11.3. The molecule has 0 saturated heterocycles. The van der Waals surface area contributed by atoms with Gasteiger partial charge in [0.05, 0.1) is 12.6 Å². The lowest BCUT2D eigenvalue weighted by Gasteiger charge is -2.14. The number of anilines is 1. The molecular weight excluding hydrogens is 264 g/mol. The number of benzene rings is 1. The standard InChI is InChI=1S/C13H18N2O5/c1-3-20-7-8(2)14-13(19)15-9-4-5-10(12(17)18)11(16)6-9/h4-6,8,16H,3,7H2,1-2H3,(H,17,18)(H2,14,15,19). The Bertz CT molecular complexity index is 490. The predicted octanol–water partition coefficient (Wildman–Crippen LogP) is 1.64. The fraction of sp³-hybridized carbons (Fsp3) is 0.385. The number of hydrogen-bond donors (Lipinski definition) is 4. The van der Waals surface area contributed by atoms with Crippen LogP contribution in [0.5, 0.6) is 5.75 Å². The molecule has 1 atom stereocenters. The van der Waals surface area contributed by atoms with Crippen LogP contribution in [0.1, 0.15) is 24.2 Å². The van der Waals surface area contributed by atoms with Crippen LogP contribution in [0.25, 0.3) is 0 Å². The fourth-order valence-corrected chi connectivity index (χ4v) is 1.52. The summed E-state index contributed by atoms with van der Waals surface area (Å²) in [6.07, 6.45) is 0. The first-order valence-electron chi connectivity index (χ1n) is 6.15. The Morgan fingerprint density at radius 3 is 2.65 bits per heavy atom. The lowest BCUT2D eigenvalue weighted by atomic mass is 10.2. The molecule has 0 heterocycles. The maximum Gasteiger partial charge on any atom is 0.339 e. The monoisotopic (exact) mass is 282 g/mol. The van der Waals surface area contributed by atoms with Crippen molar-refractivity contribution >= 4 is 17.7 Å². The summed E-state index contributed by atoms with van der Waals surface area (Å²) < 4.78 is 5.16. The van der Waals surface area contributed by atoms with Crippen molar-refractivity contribution < 1.29 is 24.5 Å². The van der Waals surface area contributed by atoms with Gasteiger partial charge in [0.1, 0.15) is 11.3 Å². The van der Waals surface area contributed by atoms with Crippen LogP contribution in [0, 0.1) is 0 Å². The van der Waals surface area contributed by atoms with E-state index in [9.17, 15) is 14.7 Å². The highest BCUT2D eigenvalue weighted by molar-refractivity contribution is 5.94. The summed E-state index contributed by atoms with van der Waals surface area (Å²) in [5.74, 6) is -1.64. The Morgan fingerprint density at radius 1 is 1.40 bits per heavy atom. The third kappa shape index (κ3) is 4.77. The van der Waals surface area contributed by atoms with E-state index in [2.05, 4.69) is 10.6 Å². The highest BCUT2D eigenvalue weighted by Gasteiger charge is 2.12. The van der Waals surface area contributed by atoms with Crippen LogP contribution in [0.15, 0.2) is 18.2 Å². The minimum Gasteiger partial charge on any atom is -0.507 e. The Kier molecular flexibility index (Phi) is 5.79. The molecule has 0 fully saturated rings. The molecule has 7 heteroatoms. The molecule has 0 radical (unpaired) electrons. The molecule has 4 N–H and O–H groups in total. The van der Waals surface area contributed by atoms with E-state index in [1.165, 1.54) is 18.2 Å². The zero-order valence-corrected chi connectivity index (χ0v) is 11.3. The highest BCUT2D eigenvalue weighted by Crippen LogP contribution is 2.21. The molecule has 110 valence electrons. The van der Waals surface area contributed by atoms with Gasteiger partial charge >= 0.3 is 12.0 Å². The van der Waals surface area contributed by atoms with E-state index in [4.69, 9.17) is 9.84 Å². The number of aromatic hydroxyl groups is 1. The van der Waals surface area contributed by atoms with Gasteiger partial charge in [0, 0.05) is 18.4 Å². The fourth-order valence-electron chi connectivity index (χ4n) is 1.52. The molecule has 1 unspecified atom stereocenters. The van der Waals surface area contributed by atoms with Gasteiger partial charge in [0.25, 0.3) is 0 Å². The van der Waals surface area contributed by atoms with E-state index in [0.717, 1.165) is 0 Å². The molecule has 0 aliphatic heterocycles. The maximum absolute atomic E-state index is 11.6. The average Bonchev–Trinajstić information content (AvgIpc) is 2.35. The second-order valence-electron chi connectivity index (χ2n) is 4.20. The predicted molar refractivity (Wildman–Crippen MR) is 73.2 cm³/mol. The Balaban J connectivity index is 2.58. The van der Waals surface area contributed by atoms with Crippen LogP contribution in [-0.2, 0) is 4.74 Å². The van der Waals surface area contributed by atoms with Crippen molar-refractivity contribution in [3.63, 3.8) is 0 Å². The van der Waals surface area contributed by atoms with Crippen molar-refractivity contribution in [2.75, 3.05) is 18.5 Å². The molecular formula is C13H18N2O5. The van der Waals surface area contributed by atoms with E-state index in [-0.39, 0.29) is 11.6 Å². The number of urea groups is 1. The number of carbonyl (C=O) groups excluding carboxylic acids is 1. The van der Waals surface area contributed by atoms with Gasteiger partial charge in [-0.15, -0.1) is 0 Å². The lowest BCUT2D eigenvalue weighted by Crippen LogP contribution is -2.38. The van der Waals surface area contributed by atoms with Crippen LogP contribution in [0.4, 0.5) is 10.5 Å². The molecule has 7 nitrogen and oxygen atoms in total. The number of hydrogen-bond acceptors (Lipinski definition) is 4. The van der Waals surface area contributed by atoms with Crippen molar-refractivity contribution in [1.29, 1.82) is 0 Å². The molecule has 2 amide bonds. The van der Waals surface area contributed by atoms with E-state index in [1.54, 1.807) is 6.92 Å².